The van der Waals surface area contributed by atoms with E-state index >= 15 is 0 Å². The number of carboxylic acid groups (broad SMARTS) is 1. The standard InChI is InChI=1S/C15H19BrFNO3/c1-2-5-18(14-9-21-8-12(14)15(19)20)7-10-3-4-11(16)6-13(10)17/h3-4,6,12,14H,2,5,7-9H2,1H3,(H,19,20). The van der Waals surface area contributed by atoms with Crippen molar-refractivity contribution in [1.82, 2.24) is 4.90 Å². The minimum atomic E-state index is -0.852. The van der Waals surface area contributed by atoms with Gasteiger partial charge in [0.25, 0.3) is 0 Å². The first kappa shape index (κ1) is 16.4. The lowest BCUT2D eigenvalue weighted by Crippen LogP contribution is -2.43. The van der Waals surface area contributed by atoms with Gasteiger partial charge in [0.15, 0.2) is 0 Å². The van der Waals surface area contributed by atoms with Crippen LogP contribution in [0.1, 0.15) is 18.9 Å². The first-order chi connectivity index (χ1) is 10.0. The molecule has 0 aromatic heterocycles. The van der Waals surface area contributed by atoms with E-state index in [1.54, 1.807) is 12.1 Å². The lowest BCUT2D eigenvalue weighted by molar-refractivity contribution is -0.143. The molecular weight excluding hydrogens is 341 g/mol. The highest BCUT2D eigenvalue weighted by Gasteiger charge is 2.37. The maximum absolute atomic E-state index is 14.0. The predicted octanol–water partition coefficient (Wildman–Crippen LogP) is 2.90. The minimum absolute atomic E-state index is 0.203. The molecule has 1 aromatic carbocycles. The van der Waals surface area contributed by atoms with E-state index < -0.39 is 11.9 Å². The molecule has 0 saturated carbocycles. The van der Waals surface area contributed by atoms with Gasteiger partial charge in [-0.25, -0.2) is 4.39 Å². The number of carboxylic acids is 1. The maximum atomic E-state index is 14.0. The molecule has 1 aliphatic heterocycles. The fraction of sp³-hybridized carbons (Fsp3) is 0.533. The Morgan fingerprint density at radius 2 is 2.29 bits per heavy atom. The number of ether oxygens (including phenoxy) is 1. The molecule has 0 amide bonds. The molecule has 1 aliphatic rings. The Hall–Kier alpha value is -0.980. The van der Waals surface area contributed by atoms with Gasteiger partial charge in [0, 0.05) is 22.6 Å². The molecule has 2 atom stereocenters. The van der Waals surface area contributed by atoms with Gasteiger partial charge in [0.2, 0.25) is 0 Å². The summed E-state index contributed by atoms with van der Waals surface area (Å²) in [6.07, 6.45) is 0.876. The zero-order valence-electron chi connectivity index (χ0n) is 11.9. The van der Waals surface area contributed by atoms with Gasteiger partial charge in [0.05, 0.1) is 19.1 Å². The molecule has 1 fully saturated rings. The Kier molecular flexibility index (Phi) is 5.72. The second kappa shape index (κ2) is 7.33. The Labute approximate surface area is 132 Å². The highest BCUT2D eigenvalue weighted by molar-refractivity contribution is 9.10. The Morgan fingerprint density at radius 1 is 1.52 bits per heavy atom. The molecule has 21 heavy (non-hydrogen) atoms. The summed E-state index contributed by atoms with van der Waals surface area (Å²) in [5, 5.41) is 9.27. The van der Waals surface area contributed by atoms with Crippen LogP contribution >= 0.6 is 15.9 Å². The largest absolute Gasteiger partial charge is 0.481 e. The normalized spacial score (nSPS) is 21.9. The van der Waals surface area contributed by atoms with Crippen LogP contribution in [0.25, 0.3) is 0 Å². The van der Waals surface area contributed by atoms with Crippen LogP contribution in [0.15, 0.2) is 22.7 Å². The van der Waals surface area contributed by atoms with E-state index in [2.05, 4.69) is 15.9 Å². The molecule has 4 nitrogen and oxygen atoms in total. The SMILES string of the molecule is CCCN(Cc1ccc(Br)cc1F)C1COCC1C(=O)O. The summed E-state index contributed by atoms with van der Waals surface area (Å²) < 4.78 is 20.0. The van der Waals surface area contributed by atoms with Crippen LogP contribution in [-0.2, 0) is 16.1 Å². The Balaban J connectivity index is 2.16. The van der Waals surface area contributed by atoms with Crippen molar-refractivity contribution in [1.29, 1.82) is 0 Å². The van der Waals surface area contributed by atoms with Crippen molar-refractivity contribution in [2.24, 2.45) is 5.92 Å². The molecule has 0 spiro atoms. The van der Waals surface area contributed by atoms with Crippen molar-refractivity contribution in [3.8, 4) is 0 Å². The van der Waals surface area contributed by atoms with Crippen molar-refractivity contribution in [2.45, 2.75) is 25.9 Å². The number of hydrogen-bond acceptors (Lipinski definition) is 3. The number of halogens is 2. The van der Waals surface area contributed by atoms with Crippen LogP contribution in [0.2, 0.25) is 0 Å². The first-order valence-electron chi connectivity index (χ1n) is 7.01. The molecule has 0 radical (unpaired) electrons. The van der Waals surface area contributed by atoms with Gasteiger partial charge in [-0.15, -0.1) is 0 Å². The van der Waals surface area contributed by atoms with E-state index in [1.165, 1.54) is 6.07 Å². The van der Waals surface area contributed by atoms with Gasteiger partial charge in [-0.3, -0.25) is 9.69 Å². The van der Waals surface area contributed by atoms with Crippen molar-refractivity contribution >= 4 is 21.9 Å². The van der Waals surface area contributed by atoms with Gasteiger partial charge < -0.3 is 9.84 Å². The second-order valence-electron chi connectivity index (χ2n) is 5.26. The quantitative estimate of drug-likeness (QED) is 0.848. The van der Waals surface area contributed by atoms with E-state index in [-0.39, 0.29) is 18.5 Å². The van der Waals surface area contributed by atoms with E-state index in [1.807, 2.05) is 11.8 Å². The fourth-order valence-electron chi connectivity index (χ4n) is 2.66. The van der Waals surface area contributed by atoms with Crippen molar-refractivity contribution in [3.63, 3.8) is 0 Å². The monoisotopic (exact) mass is 359 g/mol. The molecule has 0 aliphatic carbocycles. The predicted molar refractivity (Wildman–Crippen MR) is 80.5 cm³/mol. The molecular formula is C15H19BrFNO3. The minimum Gasteiger partial charge on any atom is -0.481 e. The summed E-state index contributed by atoms with van der Waals surface area (Å²) in [4.78, 5) is 13.3. The van der Waals surface area contributed by atoms with Crippen LogP contribution in [0, 0.1) is 11.7 Å². The summed E-state index contributed by atoms with van der Waals surface area (Å²) >= 11 is 3.24. The number of hydrogen-bond donors (Lipinski definition) is 1. The van der Waals surface area contributed by atoms with Crippen molar-refractivity contribution in [2.75, 3.05) is 19.8 Å². The van der Waals surface area contributed by atoms with Gasteiger partial charge in [-0.1, -0.05) is 28.9 Å². The highest BCUT2D eigenvalue weighted by atomic mass is 79.9. The molecule has 1 heterocycles. The number of benzene rings is 1. The average molecular weight is 360 g/mol. The Bertz CT molecular complexity index is 512. The molecule has 2 rings (SSSR count). The number of aliphatic carboxylic acids is 1. The van der Waals surface area contributed by atoms with Gasteiger partial charge in [-0.05, 0) is 25.1 Å². The summed E-state index contributed by atoms with van der Waals surface area (Å²) in [7, 11) is 0. The smallest absolute Gasteiger partial charge is 0.310 e. The number of rotatable bonds is 6. The third kappa shape index (κ3) is 4.02. The van der Waals surface area contributed by atoms with Crippen molar-refractivity contribution in [3.05, 3.63) is 34.1 Å². The van der Waals surface area contributed by atoms with E-state index in [9.17, 15) is 14.3 Å². The summed E-state index contributed by atoms with van der Waals surface area (Å²) in [5.74, 6) is -1.68. The molecule has 0 bridgehead atoms. The molecule has 2 unspecified atom stereocenters. The van der Waals surface area contributed by atoms with Crippen LogP contribution in [0.4, 0.5) is 4.39 Å². The molecule has 6 heteroatoms. The van der Waals surface area contributed by atoms with Gasteiger partial charge >= 0.3 is 5.97 Å². The van der Waals surface area contributed by atoms with E-state index in [0.717, 1.165) is 6.42 Å². The zero-order chi connectivity index (χ0) is 15.4. The van der Waals surface area contributed by atoms with Gasteiger partial charge in [-0.2, -0.15) is 0 Å². The third-order valence-electron chi connectivity index (χ3n) is 3.74. The highest BCUT2D eigenvalue weighted by Crippen LogP contribution is 2.24. The van der Waals surface area contributed by atoms with Crippen LogP contribution in [0.3, 0.4) is 0 Å². The Morgan fingerprint density at radius 3 is 2.90 bits per heavy atom. The first-order valence-corrected chi connectivity index (χ1v) is 7.80. The zero-order valence-corrected chi connectivity index (χ0v) is 13.5. The summed E-state index contributed by atoms with van der Waals surface area (Å²) in [6, 6.07) is 4.75. The average Bonchev–Trinajstić information content (AvgIpc) is 2.90. The second-order valence-corrected chi connectivity index (χ2v) is 6.17. The summed E-state index contributed by atoms with van der Waals surface area (Å²) in [5.41, 5.74) is 0.572. The van der Waals surface area contributed by atoms with Crippen LogP contribution in [0.5, 0.6) is 0 Å². The topological polar surface area (TPSA) is 49.8 Å². The van der Waals surface area contributed by atoms with Gasteiger partial charge in [0.1, 0.15) is 5.82 Å². The fourth-order valence-corrected chi connectivity index (χ4v) is 2.99. The third-order valence-corrected chi connectivity index (χ3v) is 4.23. The molecule has 116 valence electrons. The lowest BCUT2D eigenvalue weighted by Gasteiger charge is -2.30. The lowest BCUT2D eigenvalue weighted by atomic mass is 10.0. The molecule has 1 aromatic rings. The molecule has 1 saturated heterocycles. The number of nitrogens with zero attached hydrogens (tertiary/aromatic N) is 1. The maximum Gasteiger partial charge on any atom is 0.310 e. The summed E-state index contributed by atoms with van der Waals surface area (Å²) in [6.45, 7) is 3.74. The van der Waals surface area contributed by atoms with Crippen LogP contribution < -0.4 is 0 Å². The van der Waals surface area contributed by atoms with E-state index in [4.69, 9.17) is 4.74 Å². The molecule has 1 N–H and O–H groups in total. The van der Waals surface area contributed by atoms with Crippen molar-refractivity contribution < 1.29 is 19.0 Å². The van der Waals surface area contributed by atoms with E-state index in [0.29, 0.717) is 29.7 Å². The van der Waals surface area contributed by atoms with Crippen LogP contribution in [-0.4, -0.2) is 41.8 Å². The number of carbonyl (C=O) groups is 1.